The first-order valence-electron chi connectivity index (χ1n) is 9.52. The van der Waals surface area contributed by atoms with E-state index in [9.17, 15) is 9.59 Å². The third-order valence-corrected chi connectivity index (χ3v) is 6.73. The van der Waals surface area contributed by atoms with E-state index in [1.165, 1.54) is 11.8 Å². The van der Waals surface area contributed by atoms with E-state index in [2.05, 4.69) is 5.32 Å². The standard InChI is InChI=1S/C21H22N4O2S2/c1-12(2)17-20(27)25-18(24-17)15-8-4-5-9-16(15)23-21(25)29-13(3)19(26)22-11-14-7-6-10-28-14/h4-10,12-13,17H,11H2,1-3H3,(H,22,26)/t13-,17-/m1/s1. The normalized spacial score (nSPS) is 18.8. The lowest BCUT2D eigenvalue weighted by atomic mass is 10.1. The summed E-state index contributed by atoms with van der Waals surface area (Å²) in [7, 11) is 0. The molecule has 1 aromatic heterocycles. The molecule has 2 atom stereocenters. The van der Waals surface area contributed by atoms with Gasteiger partial charge in [-0.3, -0.25) is 14.6 Å². The molecule has 6 nitrogen and oxygen atoms in total. The molecule has 0 radical (unpaired) electrons. The molecular formula is C21H22N4O2S2. The van der Waals surface area contributed by atoms with E-state index in [0.717, 1.165) is 16.1 Å². The molecule has 0 unspecified atom stereocenters. The fraction of sp³-hybridized carbons (Fsp3) is 0.333. The Morgan fingerprint density at radius 1 is 1.24 bits per heavy atom. The zero-order valence-corrected chi connectivity index (χ0v) is 18.1. The lowest BCUT2D eigenvalue weighted by Crippen LogP contribution is -2.43. The topological polar surface area (TPSA) is 74.1 Å². The number of benzene rings is 1. The second-order valence-electron chi connectivity index (χ2n) is 7.28. The summed E-state index contributed by atoms with van der Waals surface area (Å²) in [6.07, 6.45) is 0. The zero-order valence-electron chi connectivity index (χ0n) is 16.5. The largest absolute Gasteiger partial charge is 0.350 e. The highest BCUT2D eigenvalue weighted by molar-refractivity contribution is 8.15. The Balaban J connectivity index is 1.56. The van der Waals surface area contributed by atoms with Gasteiger partial charge in [0.05, 0.1) is 17.5 Å². The molecule has 1 aromatic carbocycles. The molecule has 2 aliphatic heterocycles. The van der Waals surface area contributed by atoms with Gasteiger partial charge in [-0.1, -0.05) is 43.8 Å². The molecule has 0 bridgehead atoms. The van der Waals surface area contributed by atoms with Crippen molar-refractivity contribution in [3.63, 3.8) is 0 Å². The fourth-order valence-electron chi connectivity index (χ4n) is 3.23. The number of hydrogen-bond donors (Lipinski definition) is 1. The fourth-order valence-corrected chi connectivity index (χ4v) is 4.81. The quantitative estimate of drug-likeness (QED) is 0.790. The molecule has 150 valence electrons. The summed E-state index contributed by atoms with van der Waals surface area (Å²) in [5, 5.41) is 5.05. The van der Waals surface area contributed by atoms with E-state index < -0.39 is 11.3 Å². The number of thioether (sulfide) groups is 1. The molecule has 2 aliphatic rings. The summed E-state index contributed by atoms with van der Waals surface area (Å²) in [4.78, 5) is 37.7. The number of para-hydroxylation sites is 1. The minimum absolute atomic E-state index is 0.0815. The van der Waals surface area contributed by atoms with Crippen molar-refractivity contribution in [1.82, 2.24) is 10.2 Å². The summed E-state index contributed by atoms with van der Waals surface area (Å²) in [6.45, 7) is 6.30. The van der Waals surface area contributed by atoms with Crippen molar-refractivity contribution in [3.8, 4) is 0 Å². The Morgan fingerprint density at radius 2 is 2.03 bits per heavy atom. The van der Waals surface area contributed by atoms with Crippen LogP contribution in [0.1, 0.15) is 31.2 Å². The van der Waals surface area contributed by atoms with Crippen LogP contribution in [0.2, 0.25) is 0 Å². The third-order valence-electron chi connectivity index (χ3n) is 4.80. The number of rotatable bonds is 5. The van der Waals surface area contributed by atoms with Gasteiger partial charge in [-0.25, -0.2) is 9.89 Å². The van der Waals surface area contributed by atoms with Gasteiger partial charge in [0.25, 0.3) is 5.91 Å². The number of thiophene rings is 1. The van der Waals surface area contributed by atoms with Crippen LogP contribution in [-0.4, -0.2) is 39.0 Å². The molecule has 1 N–H and O–H groups in total. The summed E-state index contributed by atoms with van der Waals surface area (Å²) < 4.78 is 0. The number of amidine groups is 2. The number of carbonyl (C=O) groups is 2. The second-order valence-corrected chi connectivity index (χ2v) is 9.62. The number of fused-ring (bicyclic) bond motifs is 3. The average Bonchev–Trinajstić information content (AvgIpc) is 3.34. The van der Waals surface area contributed by atoms with Crippen LogP contribution in [0.5, 0.6) is 0 Å². The number of nitrogens with zero attached hydrogens (tertiary/aromatic N) is 3. The van der Waals surface area contributed by atoms with Gasteiger partial charge in [-0.05, 0) is 36.4 Å². The van der Waals surface area contributed by atoms with Crippen molar-refractivity contribution in [2.24, 2.45) is 15.9 Å². The summed E-state index contributed by atoms with van der Waals surface area (Å²) in [5.74, 6) is 0.552. The maximum atomic E-state index is 13.1. The highest BCUT2D eigenvalue weighted by atomic mass is 32.2. The Bertz CT molecular complexity index is 998. The van der Waals surface area contributed by atoms with Crippen LogP contribution in [0.3, 0.4) is 0 Å². The summed E-state index contributed by atoms with van der Waals surface area (Å²) in [6, 6.07) is 11.2. The summed E-state index contributed by atoms with van der Waals surface area (Å²) in [5.41, 5.74) is 1.62. The first-order valence-corrected chi connectivity index (χ1v) is 11.3. The maximum absolute atomic E-state index is 13.1. The Hall–Kier alpha value is -2.45. The van der Waals surface area contributed by atoms with Crippen LogP contribution in [0.25, 0.3) is 0 Å². The van der Waals surface area contributed by atoms with Crippen LogP contribution in [-0.2, 0) is 16.1 Å². The molecule has 4 rings (SSSR count). The summed E-state index contributed by atoms with van der Waals surface area (Å²) >= 11 is 2.90. The van der Waals surface area contributed by atoms with Crippen LogP contribution >= 0.6 is 23.1 Å². The maximum Gasteiger partial charge on any atom is 0.259 e. The highest BCUT2D eigenvalue weighted by Gasteiger charge is 2.43. The average molecular weight is 427 g/mol. The van der Waals surface area contributed by atoms with Crippen LogP contribution in [0.15, 0.2) is 51.8 Å². The lowest BCUT2D eigenvalue weighted by Gasteiger charge is -2.27. The van der Waals surface area contributed by atoms with Crippen molar-refractivity contribution >= 4 is 51.6 Å². The molecule has 8 heteroatoms. The van der Waals surface area contributed by atoms with E-state index in [1.807, 2.05) is 62.5 Å². The molecular weight excluding hydrogens is 404 g/mol. The van der Waals surface area contributed by atoms with Gasteiger partial charge >= 0.3 is 0 Å². The van der Waals surface area contributed by atoms with Gasteiger partial charge in [0.1, 0.15) is 11.9 Å². The molecule has 0 saturated heterocycles. The number of aliphatic imine (C=N–C) groups is 2. The van der Waals surface area contributed by atoms with Gasteiger partial charge in [-0.15, -0.1) is 11.3 Å². The monoisotopic (exact) mass is 426 g/mol. The second kappa shape index (κ2) is 8.12. The highest BCUT2D eigenvalue weighted by Crippen LogP contribution is 2.35. The van der Waals surface area contributed by atoms with Crippen molar-refractivity contribution in [2.75, 3.05) is 0 Å². The molecule has 2 amide bonds. The van der Waals surface area contributed by atoms with Gasteiger partial charge < -0.3 is 5.32 Å². The van der Waals surface area contributed by atoms with E-state index in [1.54, 1.807) is 16.2 Å². The minimum atomic E-state index is -0.426. The van der Waals surface area contributed by atoms with Crippen molar-refractivity contribution < 1.29 is 9.59 Å². The van der Waals surface area contributed by atoms with Crippen molar-refractivity contribution in [2.45, 2.75) is 38.6 Å². The third kappa shape index (κ3) is 3.86. The SMILES string of the molecule is CC(C)[C@H]1N=C2c3ccccc3N=C(S[C@H](C)C(=O)NCc3cccs3)N2C1=O. The van der Waals surface area contributed by atoms with Crippen LogP contribution in [0.4, 0.5) is 5.69 Å². The number of hydrogen-bond acceptors (Lipinski definition) is 6. The molecule has 2 aromatic rings. The Morgan fingerprint density at radius 3 is 2.76 bits per heavy atom. The number of nitrogens with one attached hydrogen (secondary N) is 1. The molecule has 3 heterocycles. The first-order chi connectivity index (χ1) is 14.0. The van der Waals surface area contributed by atoms with Crippen molar-refractivity contribution in [1.29, 1.82) is 0 Å². The van der Waals surface area contributed by atoms with Gasteiger partial charge in [0, 0.05) is 10.4 Å². The molecule has 29 heavy (non-hydrogen) atoms. The Labute approximate surface area is 178 Å². The molecule has 0 saturated carbocycles. The zero-order chi connectivity index (χ0) is 20.5. The predicted octanol–water partition coefficient (Wildman–Crippen LogP) is 3.80. The minimum Gasteiger partial charge on any atom is -0.350 e. The first kappa shape index (κ1) is 19.8. The van der Waals surface area contributed by atoms with E-state index >= 15 is 0 Å². The van der Waals surface area contributed by atoms with Crippen LogP contribution < -0.4 is 5.32 Å². The van der Waals surface area contributed by atoms with Crippen LogP contribution in [0, 0.1) is 5.92 Å². The molecule has 0 aliphatic carbocycles. The number of amides is 2. The lowest BCUT2D eigenvalue weighted by molar-refractivity contribution is -0.125. The van der Waals surface area contributed by atoms with Gasteiger partial charge in [-0.2, -0.15) is 0 Å². The molecule has 0 fully saturated rings. The van der Waals surface area contributed by atoms with Crippen molar-refractivity contribution in [3.05, 3.63) is 52.2 Å². The van der Waals surface area contributed by atoms with E-state index in [-0.39, 0.29) is 17.7 Å². The number of carbonyl (C=O) groups excluding carboxylic acids is 2. The van der Waals surface area contributed by atoms with E-state index in [0.29, 0.717) is 17.5 Å². The molecule has 0 spiro atoms. The van der Waals surface area contributed by atoms with E-state index in [4.69, 9.17) is 9.98 Å². The van der Waals surface area contributed by atoms with Gasteiger partial charge in [0.2, 0.25) is 5.91 Å². The smallest absolute Gasteiger partial charge is 0.259 e. The predicted molar refractivity (Wildman–Crippen MR) is 119 cm³/mol. The Kier molecular flexibility index (Phi) is 5.56. The van der Waals surface area contributed by atoms with Gasteiger partial charge in [0.15, 0.2) is 5.17 Å².